The Bertz CT molecular complexity index is 181. The Morgan fingerprint density at radius 2 is 2.18 bits per heavy atom. The zero-order valence-corrected chi connectivity index (χ0v) is 6.42. The van der Waals surface area contributed by atoms with Gasteiger partial charge in [-0.15, -0.1) is 0 Å². The van der Waals surface area contributed by atoms with Gasteiger partial charge in [0.2, 0.25) is 0 Å². The Morgan fingerprint density at radius 3 is 2.64 bits per heavy atom. The van der Waals surface area contributed by atoms with E-state index < -0.39 is 6.09 Å². The van der Waals surface area contributed by atoms with E-state index in [0.29, 0.717) is 5.92 Å². The van der Waals surface area contributed by atoms with Crippen LogP contribution < -0.4 is 5.32 Å². The maximum Gasteiger partial charge on any atom is 0.404 e. The lowest BCUT2D eigenvalue weighted by Crippen LogP contribution is -2.37. The van der Waals surface area contributed by atoms with Crippen molar-refractivity contribution in [3.8, 4) is 0 Å². The Labute approximate surface area is 65.8 Å². The summed E-state index contributed by atoms with van der Waals surface area (Å²) < 4.78 is 0. The van der Waals surface area contributed by atoms with Crippen molar-refractivity contribution in [2.75, 3.05) is 0 Å². The third-order valence-corrected chi connectivity index (χ3v) is 3.05. The first kappa shape index (κ1) is 6.95. The topological polar surface area (TPSA) is 49.3 Å². The molecule has 0 saturated heterocycles. The lowest BCUT2D eigenvalue weighted by molar-refractivity contribution is 0.184. The minimum absolute atomic E-state index is 0.270. The number of rotatable bonds is 1. The summed E-state index contributed by atoms with van der Waals surface area (Å²) in [6.45, 7) is 0. The SMILES string of the molecule is O=C(O)N[C@H]1C[C@H]2CC[C@@H]1C2. The maximum absolute atomic E-state index is 10.3. The lowest BCUT2D eigenvalue weighted by Gasteiger charge is -2.20. The third kappa shape index (κ3) is 1.19. The van der Waals surface area contributed by atoms with Crippen molar-refractivity contribution in [2.24, 2.45) is 11.8 Å². The van der Waals surface area contributed by atoms with Crippen molar-refractivity contribution in [3.05, 3.63) is 0 Å². The molecule has 3 heteroatoms. The summed E-state index contributed by atoms with van der Waals surface area (Å²) in [7, 11) is 0. The molecule has 2 aliphatic carbocycles. The first-order chi connectivity index (χ1) is 5.25. The molecule has 2 bridgehead atoms. The van der Waals surface area contributed by atoms with Crippen LogP contribution in [0.25, 0.3) is 0 Å². The molecule has 3 atom stereocenters. The van der Waals surface area contributed by atoms with Crippen molar-refractivity contribution >= 4 is 6.09 Å². The smallest absolute Gasteiger partial charge is 0.404 e. The Morgan fingerprint density at radius 1 is 1.36 bits per heavy atom. The van der Waals surface area contributed by atoms with E-state index in [1.807, 2.05) is 0 Å². The van der Waals surface area contributed by atoms with Crippen molar-refractivity contribution in [2.45, 2.75) is 31.7 Å². The number of fused-ring (bicyclic) bond motifs is 2. The van der Waals surface area contributed by atoms with Gasteiger partial charge in [-0.25, -0.2) is 4.79 Å². The molecule has 2 N–H and O–H groups in total. The van der Waals surface area contributed by atoms with E-state index in [1.165, 1.54) is 19.3 Å². The van der Waals surface area contributed by atoms with Crippen LogP contribution in [-0.2, 0) is 0 Å². The van der Waals surface area contributed by atoms with Crippen LogP contribution in [0.15, 0.2) is 0 Å². The van der Waals surface area contributed by atoms with Crippen molar-refractivity contribution in [1.82, 2.24) is 5.32 Å². The van der Waals surface area contributed by atoms with Crippen LogP contribution in [0.3, 0.4) is 0 Å². The fourth-order valence-electron chi connectivity index (χ4n) is 2.58. The van der Waals surface area contributed by atoms with Crippen LogP contribution in [0.5, 0.6) is 0 Å². The van der Waals surface area contributed by atoms with Gasteiger partial charge in [0, 0.05) is 6.04 Å². The highest BCUT2D eigenvalue weighted by atomic mass is 16.4. The summed E-state index contributed by atoms with van der Waals surface area (Å²) in [6, 6.07) is 0.270. The zero-order valence-electron chi connectivity index (χ0n) is 6.42. The molecule has 0 heterocycles. The molecule has 2 aliphatic rings. The first-order valence-corrected chi connectivity index (χ1v) is 4.25. The highest BCUT2D eigenvalue weighted by Crippen LogP contribution is 2.44. The van der Waals surface area contributed by atoms with Crippen LogP contribution in [0.4, 0.5) is 4.79 Å². The number of hydrogen-bond donors (Lipinski definition) is 2. The normalized spacial score (nSPS) is 40.9. The van der Waals surface area contributed by atoms with Gasteiger partial charge in [0.05, 0.1) is 0 Å². The minimum Gasteiger partial charge on any atom is -0.465 e. The van der Waals surface area contributed by atoms with E-state index in [0.717, 1.165) is 12.3 Å². The minimum atomic E-state index is -0.859. The van der Waals surface area contributed by atoms with E-state index in [1.54, 1.807) is 0 Å². The van der Waals surface area contributed by atoms with E-state index in [4.69, 9.17) is 5.11 Å². The molecule has 2 rings (SSSR count). The summed E-state index contributed by atoms with van der Waals surface area (Å²) >= 11 is 0. The first-order valence-electron chi connectivity index (χ1n) is 4.25. The second kappa shape index (κ2) is 2.40. The van der Waals surface area contributed by atoms with Crippen LogP contribution in [-0.4, -0.2) is 17.2 Å². The number of carbonyl (C=O) groups is 1. The number of hydrogen-bond acceptors (Lipinski definition) is 1. The highest BCUT2D eigenvalue weighted by molar-refractivity contribution is 5.65. The van der Waals surface area contributed by atoms with Gasteiger partial charge in [-0.05, 0) is 31.1 Å². The van der Waals surface area contributed by atoms with Crippen molar-refractivity contribution < 1.29 is 9.90 Å². The zero-order chi connectivity index (χ0) is 7.84. The molecule has 2 saturated carbocycles. The van der Waals surface area contributed by atoms with Gasteiger partial charge in [0.15, 0.2) is 0 Å². The molecule has 0 unspecified atom stereocenters. The van der Waals surface area contributed by atoms with Crippen LogP contribution >= 0.6 is 0 Å². The van der Waals surface area contributed by atoms with Crippen molar-refractivity contribution in [1.29, 1.82) is 0 Å². The third-order valence-electron chi connectivity index (χ3n) is 3.05. The number of amides is 1. The highest BCUT2D eigenvalue weighted by Gasteiger charge is 2.39. The summed E-state index contributed by atoms with van der Waals surface area (Å²) in [5, 5.41) is 11.1. The quantitative estimate of drug-likeness (QED) is 0.602. The van der Waals surface area contributed by atoms with Crippen LogP contribution in [0, 0.1) is 11.8 Å². The fourth-order valence-corrected chi connectivity index (χ4v) is 2.58. The lowest BCUT2D eigenvalue weighted by atomic mass is 9.96. The summed E-state index contributed by atoms with van der Waals surface area (Å²) in [5.41, 5.74) is 0. The molecule has 62 valence electrons. The van der Waals surface area contributed by atoms with Gasteiger partial charge in [0.25, 0.3) is 0 Å². The average molecular weight is 155 g/mol. The molecule has 0 aliphatic heterocycles. The van der Waals surface area contributed by atoms with Crippen LogP contribution in [0.1, 0.15) is 25.7 Å². The molecular formula is C8H13NO2. The molecule has 0 aromatic carbocycles. The Balaban J connectivity index is 1.92. The molecule has 1 amide bonds. The predicted molar refractivity (Wildman–Crippen MR) is 40.4 cm³/mol. The molecule has 2 fully saturated rings. The molecule has 3 nitrogen and oxygen atoms in total. The largest absolute Gasteiger partial charge is 0.465 e. The standard InChI is InChI=1S/C8H13NO2/c10-8(11)9-7-4-5-1-2-6(7)3-5/h5-7,9H,1-4H2,(H,10,11)/t5-,6+,7-/m0/s1. The van der Waals surface area contributed by atoms with E-state index in [9.17, 15) is 4.79 Å². The number of carboxylic acid groups (broad SMARTS) is 1. The molecule has 11 heavy (non-hydrogen) atoms. The number of nitrogens with one attached hydrogen (secondary N) is 1. The molecular weight excluding hydrogens is 142 g/mol. The summed E-state index contributed by atoms with van der Waals surface area (Å²) in [6.07, 6.45) is 4.03. The molecule has 0 aromatic rings. The van der Waals surface area contributed by atoms with Crippen LogP contribution in [0.2, 0.25) is 0 Å². The Hall–Kier alpha value is -0.730. The van der Waals surface area contributed by atoms with Gasteiger partial charge in [-0.3, -0.25) is 0 Å². The van der Waals surface area contributed by atoms with Gasteiger partial charge in [0.1, 0.15) is 0 Å². The van der Waals surface area contributed by atoms with E-state index in [2.05, 4.69) is 5.32 Å². The van der Waals surface area contributed by atoms with Gasteiger partial charge in [-0.2, -0.15) is 0 Å². The second-order valence-electron chi connectivity index (χ2n) is 3.73. The van der Waals surface area contributed by atoms with E-state index >= 15 is 0 Å². The molecule has 0 aromatic heterocycles. The summed E-state index contributed by atoms with van der Waals surface area (Å²) in [4.78, 5) is 10.3. The molecule has 0 spiro atoms. The maximum atomic E-state index is 10.3. The van der Waals surface area contributed by atoms with Gasteiger partial charge < -0.3 is 10.4 Å². The summed E-state index contributed by atoms with van der Waals surface area (Å²) in [5.74, 6) is 1.47. The Kier molecular flexibility index (Phi) is 1.51. The van der Waals surface area contributed by atoms with Gasteiger partial charge in [-0.1, -0.05) is 6.42 Å². The predicted octanol–water partition coefficient (Wildman–Crippen LogP) is 1.44. The molecule has 0 radical (unpaired) electrons. The van der Waals surface area contributed by atoms with Crippen molar-refractivity contribution in [3.63, 3.8) is 0 Å². The van der Waals surface area contributed by atoms with Gasteiger partial charge >= 0.3 is 6.09 Å². The fraction of sp³-hybridized carbons (Fsp3) is 0.875. The second-order valence-corrected chi connectivity index (χ2v) is 3.73. The monoisotopic (exact) mass is 155 g/mol. The van der Waals surface area contributed by atoms with E-state index in [-0.39, 0.29) is 6.04 Å². The average Bonchev–Trinajstić information content (AvgIpc) is 2.45.